The van der Waals surface area contributed by atoms with E-state index in [4.69, 9.17) is 0 Å². The van der Waals surface area contributed by atoms with E-state index in [9.17, 15) is 4.79 Å². The maximum Gasteiger partial charge on any atom is 0.139 e. The summed E-state index contributed by atoms with van der Waals surface area (Å²) in [6.07, 6.45) is 9.64. The number of nitrogens with one attached hydrogen (secondary N) is 2. The highest BCUT2D eigenvalue weighted by Crippen LogP contribution is 2.44. The Kier molecular flexibility index (Phi) is 4.94. The van der Waals surface area contributed by atoms with Crippen molar-refractivity contribution < 1.29 is 4.79 Å². The average molecular weight is 306 g/mol. The molecule has 22 heavy (non-hydrogen) atoms. The van der Waals surface area contributed by atoms with Crippen molar-refractivity contribution in [3.05, 3.63) is 0 Å². The van der Waals surface area contributed by atoms with Gasteiger partial charge in [-0.1, -0.05) is 40.0 Å². The molecule has 0 aromatic rings. The first-order valence-corrected chi connectivity index (χ1v) is 9.54. The highest BCUT2D eigenvalue weighted by atomic mass is 16.1. The zero-order valence-electron chi connectivity index (χ0n) is 14.7. The molecule has 0 aromatic carbocycles. The van der Waals surface area contributed by atoms with Crippen LogP contribution >= 0.6 is 0 Å². The highest BCUT2D eigenvalue weighted by Gasteiger charge is 2.51. The number of unbranched alkanes of at least 4 members (excludes halogenated alkanes) is 1. The van der Waals surface area contributed by atoms with E-state index in [2.05, 4.69) is 31.4 Å². The largest absolute Gasteiger partial charge is 0.313 e. The third-order valence-corrected chi connectivity index (χ3v) is 6.24. The van der Waals surface area contributed by atoms with E-state index in [-0.39, 0.29) is 11.3 Å². The zero-order valence-corrected chi connectivity index (χ0v) is 14.7. The quantitative estimate of drug-likeness (QED) is 0.783. The van der Waals surface area contributed by atoms with E-state index in [0.717, 1.165) is 19.4 Å². The lowest BCUT2D eigenvalue weighted by Crippen LogP contribution is -2.68. The van der Waals surface area contributed by atoms with Gasteiger partial charge >= 0.3 is 0 Å². The molecule has 1 aliphatic heterocycles. The van der Waals surface area contributed by atoms with Crippen molar-refractivity contribution in [1.82, 2.24) is 10.6 Å². The normalized spacial score (nSPS) is 40.9. The van der Waals surface area contributed by atoms with E-state index in [0.29, 0.717) is 29.8 Å². The maximum atomic E-state index is 12.9. The number of hydrogen-bond donors (Lipinski definition) is 2. The molecule has 0 amide bonds. The number of rotatable bonds is 4. The summed E-state index contributed by atoms with van der Waals surface area (Å²) in [5.74, 6) is 1.38. The lowest BCUT2D eigenvalue weighted by Gasteiger charge is -2.54. The van der Waals surface area contributed by atoms with Crippen LogP contribution in [-0.2, 0) is 4.79 Å². The Morgan fingerprint density at radius 3 is 2.77 bits per heavy atom. The van der Waals surface area contributed by atoms with Gasteiger partial charge in [0.05, 0.1) is 0 Å². The Morgan fingerprint density at radius 2 is 2.00 bits per heavy atom. The molecule has 2 N–H and O–H groups in total. The standard InChI is InChI=1S/C19H34N2O/c1-4-5-10-20-18-13-8-6-7-9-14(13)21-15-11-19(2,3)12-16(22)17(15)18/h13-15,17-18,20-21H,4-12H2,1-3H3. The number of carbonyl (C=O) groups is 1. The number of hydrogen-bond acceptors (Lipinski definition) is 3. The van der Waals surface area contributed by atoms with Gasteiger partial charge in [-0.3, -0.25) is 4.79 Å². The smallest absolute Gasteiger partial charge is 0.139 e. The summed E-state index contributed by atoms with van der Waals surface area (Å²) < 4.78 is 0. The average Bonchev–Trinajstić information content (AvgIpc) is 2.45. The van der Waals surface area contributed by atoms with Crippen molar-refractivity contribution in [2.75, 3.05) is 6.54 Å². The molecular formula is C19H34N2O. The van der Waals surface area contributed by atoms with Crippen LogP contribution in [0.5, 0.6) is 0 Å². The van der Waals surface area contributed by atoms with Gasteiger partial charge in [-0.05, 0) is 43.6 Å². The third-order valence-electron chi connectivity index (χ3n) is 6.24. The second-order valence-electron chi connectivity index (χ2n) is 8.70. The van der Waals surface area contributed by atoms with Gasteiger partial charge in [0.25, 0.3) is 0 Å². The topological polar surface area (TPSA) is 41.1 Å². The minimum Gasteiger partial charge on any atom is -0.313 e. The van der Waals surface area contributed by atoms with E-state index >= 15 is 0 Å². The summed E-state index contributed by atoms with van der Waals surface area (Å²) in [5, 5.41) is 7.72. The first-order valence-electron chi connectivity index (χ1n) is 9.54. The third kappa shape index (κ3) is 3.26. The molecule has 5 atom stereocenters. The molecule has 2 aliphatic carbocycles. The van der Waals surface area contributed by atoms with Gasteiger partial charge in [0, 0.05) is 30.5 Å². The SMILES string of the molecule is CCCCNC1C2CCCCC2NC2CC(C)(C)CC(=O)C21. The molecule has 3 nitrogen and oxygen atoms in total. The number of carbonyl (C=O) groups excluding carboxylic acids is 1. The molecule has 3 fully saturated rings. The van der Waals surface area contributed by atoms with Crippen LogP contribution in [0, 0.1) is 17.3 Å². The molecule has 0 radical (unpaired) electrons. The summed E-state index contributed by atoms with van der Waals surface area (Å²) >= 11 is 0. The van der Waals surface area contributed by atoms with Gasteiger partial charge in [0.2, 0.25) is 0 Å². The Morgan fingerprint density at radius 1 is 1.23 bits per heavy atom. The van der Waals surface area contributed by atoms with Crippen LogP contribution in [0.1, 0.15) is 72.1 Å². The van der Waals surface area contributed by atoms with Crippen molar-refractivity contribution >= 4 is 5.78 Å². The van der Waals surface area contributed by atoms with Gasteiger partial charge in [-0.25, -0.2) is 0 Å². The zero-order chi connectivity index (χ0) is 15.7. The van der Waals surface area contributed by atoms with Crippen LogP contribution in [0.25, 0.3) is 0 Å². The molecule has 126 valence electrons. The van der Waals surface area contributed by atoms with Gasteiger partial charge in [0.1, 0.15) is 5.78 Å². The Hall–Kier alpha value is -0.410. The lowest BCUT2D eigenvalue weighted by molar-refractivity contribution is -0.134. The number of Topliss-reactive ketones (excluding diaryl/α,β-unsaturated/α-hetero) is 1. The number of fused-ring (bicyclic) bond motifs is 2. The van der Waals surface area contributed by atoms with Crippen molar-refractivity contribution in [3.8, 4) is 0 Å². The second kappa shape index (κ2) is 6.60. The van der Waals surface area contributed by atoms with Crippen LogP contribution in [0.4, 0.5) is 0 Å². The monoisotopic (exact) mass is 306 g/mol. The minimum absolute atomic E-state index is 0.167. The molecule has 0 bridgehead atoms. The summed E-state index contributed by atoms with van der Waals surface area (Å²) in [4.78, 5) is 12.9. The molecule has 0 spiro atoms. The fourth-order valence-electron chi connectivity index (χ4n) is 5.28. The summed E-state index contributed by atoms with van der Waals surface area (Å²) in [6, 6.07) is 1.46. The molecule has 3 rings (SSSR count). The molecule has 3 aliphatic rings. The second-order valence-corrected chi connectivity index (χ2v) is 8.70. The van der Waals surface area contributed by atoms with Gasteiger partial charge in [0.15, 0.2) is 0 Å². The van der Waals surface area contributed by atoms with E-state index in [1.54, 1.807) is 0 Å². The van der Waals surface area contributed by atoms with Crippen LogP contribution in [0.3, 0.4) is 0 Å². The van der Waals surface area contributed by atoms with Crippen LogP contribution < -0.4 is 10.6 Å². The van der Waals surface area contributed by atoms with Crippen molar-refractivity contribution in [2.45, 2.75) is 90.3 Å². The van der Waals surface area contributed by atoms with Crippen molar-refractivity contribution in [1.29, 1.82) is 0 Å². The fraction of sp³-hybridized carbons (Fsp3) is 0.947. The molecule has 3 heteroatoms. The van der Waals surface area contributed by atoms with E-state index in [1.165, 1.54) is 38.5 Å². The predicted molar refractivity (Wildman–Crippen MR) is 90.9 cm³/mol. The van der Waals surface area contributed by atoms with E-state index in [1.807, 2.05) is 0 Å². The van der Waals surface area contributed by atoms with Crippen LogP contribution in [0.2, 0.25) is 0 Å². The summed E-state index contributed by atoms with van der Waals surface area (Å²) in [5.41, 5.74) is 0.167. The van der Waals surface area contributed by atoms with Crippen LogP contribution in [-0.4, -0.2) is 30.5 Å². The van der Waals surface area contributed by atoms with Crippen molar-refractivity contribution in [3.63, 3.8) is 0 Å². The molecule has 1 heterocycles. The minimum atomic E-state index is 0.167. The first-order chi connectivity index (χ1) is 10.5. The fourth-order valence-corrected chi connectivity index (χ4v) is 5.28. The maximum absolute atomic E-state index is 12.9. The van der Waals surface area contributed by atoms with Crippen LogP contribution in [0.15, 0.2) is 0 Å². The Labute approximate surface area is 136 Å². The van der Waals surface area contributed by atoms with Gasteiger partial charge in [-0.15, -0.1) is 0 Å². The lowest BCUT2D eigenvalue weighted by atomic mass is 9.61. The number of ketones is 1. The predicted octanol–water partition coefficient (Wildman–Crippen LogP) is 3.28. The first kappa shape index (κ1) is 16.4. The van der Waals surface area contributed by atoms with Gasteiger partial charge < -0.3 is 10.6 Å². The Bertz CT molecular complexity index is 406. The molecule has 0 aromatic heterocycles. The molecular weight excluding hydrogens is 272 g/mol. The molecule has 2 saturated carbocycles. The molecule has 1 saturated heterocycles. The summed E-state index contributed by atoms with van der Waals surface area (Å²) in [7, 11) is 0. The molecule has 5 unspecified atom stereocenters. The van der Waals surface area contributed by atoms with Crippen molar-refractivity contribution in [2.24, 2.45) is 17.3 Å². The summed E-state index contributed by atoms with van der Waals surface area (Å²) in [6.45, 7) is 7.83. The number of piperidine rings is 1. The van der Waals surface area contributed by atoms with E-state index < -0.39 is 0 Å². The highest BCUT2D eigenvalue weighted by molar-refractivity contribution is 5.84. The van der Waals surface area contributed by atoms with Gasteiger partial charge in [-0.2, -0.15) is 0 Å². The Balaban J connectivity index is 1.80.